The Morgan fingerprint density at radius 3 is 2.82 bits per heavy atom. The molecule has 1 aromatic rings. The minimum absolute atomic E-state index is 1.14. The number of rotatable bonds is 6. The maximum atomic E-state index is 3.47. The number of hydrogen-bond donors (Lipinski definition) is 1. The van der Waals surface area contributed by atoms with E-state index in [2.05, 4.69) is 41.4 Å². The standard InChI is InChI=1S/C15H24N2/c1-2-9-16-10-5-11-17-12-8-14-6-3-4-7-15(14)13-17/h3-4,6-7,16H,2,5,8-13H2,1H3. The van der Waals surface area contributed by atoms with Gasteiger partial charge in [-0.2, -0.15) is 0 Å². The second kappa shape index (κ2) is 6.77. The SMILES string of the molecule is CCCNCCCN1CCc2ccccc2C1. The molecule has 0 fully saturated rings. The Morgan fingerprint density at radius 1 is 1.18 bits per heavy atom. The van der Waals surface area contributed by atoms with E-state index in [1.807, 2.05) is 0 Å². The van der Waals surface area contributed by atoms with Gasteiger partial charge in [0.1, 0.15) is 0 Å². The second-order valence-corrected chi connectivity index (χ2v) is 4.90. The maximum Gasteiger partial charge on any atom is 0.0236 e. The molecule has 0 spiro atoms. The highest BCUT2D eigenvalue weighted by Crippen LogP contribution is 2.18. The molecule has 17 heavy (non-hydrogen) atoms. The lowest BCUT2D eigenvalue weighted by atomic mass is 10.00. The zero-order chi connectivity index (χ0) is 11.9. The Kier molecular flexibility index (Phi) is 5.02. The Balaban J connectivity index is 1.71. The van der Waals surface area contributed by atoms with Gasteiger partial charge < -0.3 is 5.32 Å². The predicted octanol–water partition coefficient (Wildman–Crippen LogP) is 2.43. The van der Waals surface area contributed by atoms with Gasteiger partial charge in [-0.25, -0.2) is 0 Å². The molecule has 1 aliphatic rings. The molecule has 94 valence electrons. The van der Waals surface area contributed by atoms with Gasteiger partial charge in [0, 0.05) is 13.1 Å². The van der Waals surface area contributed by atoms with Gasteiger partial charge in [-0.1, -0.05) is 31.2 Å². The van der Waals surface area contributed by atoms with Crippen LogP contribution in [0.25, 0.3) is 0 Å². The minimum Gasteiger partial charge on any atom is -0.317 e. The summed E-state index contributed by atoms with van der Waals surface area (Å²) in [6.07, 6.45) is 3.72. The normalized spacial score (nSPS) is 15.8. The van der Waals surface area contributed by atoms with Crippen LogP contribution in [0.5, 0.6) is 0 Å². The number of nitrogens with zero attached hydrogens (tertiary/aromatic N) is 1. The van der Waals surface area contributed by atoms with Crippen LogP contribution in [0, 0.1) is 0 Å². The van der Waals surface area contributed by atoms with Crippen molar-refractivity contribution in [2.75, 3.05) is 26.2 Å². The summed E-state index contributed by atoms with van der Waals surface area (Å²) in [6.45, 7) is 8.13. The van der Waals surface area contributed by atoms with Crippen LogP contribution < -0.4 is 5.32 Å². The van der Waals surface area contributed by atoms with E-state index >= 15 is 0 Å². The van der Waals surface area contributed by atoms with E-state index in [4.69, 9.17) is 0 Å². The van der Waals surface area contributed by atoms with E-state index < -0.39 is 0 Å². The summed E-state index contributed by atoms with van der Waals surface area (Å²) in [5.41, 5.74) is 3.08. The molecule has 2 rings (SSSR count). The van der Waals surface area contributed by atoms with Crippen LogP contribution in [-0.4, -0.2) is 31.1 Å². The van der Waals surface area contributed by atoms with E-state index in [1.54, 1.807) is 5.56 Å². The van der Waals surface area contributed by atoms with Gasteiger partial charge in [0.15, 0.2) is 0 Å². The zero-order valence-corrected chi connectivity index (χ0v) is 10.9. The van der Waals surface area contributed by atoms with E-state index in [9.17, 15) is 0 Å². The molecular weight excluding hydrogens is 208 g/mol. The van der Waals surface area contributed by atoms with Gasteiger partial charge in [0.25, 0.3) is 0 Å². The van der Waals surface area contributed by atoms with E-state index in [0.29, 0.717) is 0 Å². The maximum absolute atomic E-state index is 3.47. The largest absolute Gasteiger partial charge is 0.317 e. The highest BCUT2D eigenvalue weighted by Gasteiger charge is 2.14. The molecule has 2 heteroatoms. The van der Waals surface area contributed by atoms with Crippen LogP contribution in [0.2, 0.25) is 0 Å². The minimum atomic E-state index is 1.14. The van der Waals surface area contributed by atoms with Crippen molar-refractivity contribution in [3.05, 3.63) is 35.4 Å². The Bertz CT molecular complexity index is 335. The first-order valence-electron chi connectivity index (χ1n) is 6.90. The molecule has 0 unspecified atom stereocenters. The Labute approximate surface area is 105 Å². The molecule has 0 saturated heterocycles. The molecule has 1 aliphatic heterocycles. The fraction of sp³-hybridized carbons (Fsp3) is 0.600. The van der Waals surface area contributed by atoms with Crippen molar-refractivity contribution < 1.29 is 0 Å². The molecule has 1 N–H and O–H groups in total. The smallest absolute Gasteiger partial charge is 0.0236 e. The van der Waals surface area contributed by atoms with Crippen LogP contribution in [0.3, 0.4) is 0 Å². The van der Waals surface area contributed by atoms with Crippen molar-refractivity contribution in [3.63, 3.8) is 0 Å². The number of fused-ring (bicyclic) bond motifs is 1. The third kappa shape index (κ3) is 3.83. The van der Waals surface area contributed by atoms with Crippen LogP contribution >= 0.6 is 0 Å². The quantitative estimate of drug-likeness (QED) is 0.758. The average molecular weight is 232 g/mol. The van der Waals surface area contributed by atoms with E-state index in [1.165, 1.54) is 37.9 Å². The topological polar surface area (TPSA) is 15.3 Å². The summed E-state index contributed by atoms with van der Waals surface area (Å²) in [5.74, 6) is 0. The summed E-state index contributed by atoms with van der Waals surface area (Å²) in [4.78, 5) is 2.58. The highest BCUT2D eigenvalue weighted by atomic mass is 15.1. The lowest BCUT2D eigenvalue weighted by Gasteiger charge is -2.28. The van der Waals surface area contributed by atoms with Gasteiger partial charge in [-0.05, 0) is 50.0 Å². The van der Waals surface area contributed by atoms with Crippen LogP contribution in [0.4, 0.5) is 0 Å². The molecular formula is C15H24N2. The van der Waals surface area contributed by atoms with Crippen LogP contribution in [-0.2, 0) is 13.0 Å². The molecule has 1 aromatic carbocycles. The van der Waals surface area contributed by atoms with Crippen LogP contribution in [0.1, 0.15) is 30.9 Å². The molecule has 0 atom stereocenters. The first kappa shape index (κ1) is 12.6. The number of benzene rings is 1. The summed E-state index contributed by atoms with van der Waals surface area (Å²) >= 11 is 0. The second-order valence-electron chi connectivity index (χ2n) is 4.90. The molecule has 0 aromatic heterocycles. The molecule has 0 bridgehead atoms. The number of hydrogen-bond acceptors (Lipinski definition) is 2. The molecule has 2 nitrogen and oxygen atoms in total. The fourth-order valence-corrected chi connectivity index (χ4v) is 2.47. The van der Waals surface area contributed by atoms with Crippen molar-refractivity contribution >= 4 is 0 Å². The molecule has 0 radical (unpaired) electrons. The molecule has 0 aliphatic carbocycles. The fourth-order valence-electron chi connectivity index (χ4n) is 2.47. The van der Waals surface area contributed by atoms with Gasteiger partial charge in [-0.3, -0.25) is 4.90 Å². The van der Waals surface area contributed by atoms with Crippen molar-refractivity contribution in [2.24, 2.45) is 0 Å². The predicted molar refractivity (Wildman–Crippen MR) is 73.2 cm³/mol. The van der Waals surface area contributed by atoms with Crippen molar-refractivity contribution in [1.82, 2.24) is 10.2 Å². The lowest BCUT2D eigenvalue weighted by Crippen LogP contribution is -2.32. The van der Waals surface area contributed by atoms with E-state index in [-0.39, 0.29) is 0 Å². The van der Waals surface area contributed by atoms with Gasteiger partial charge in [-0.15, -0.1) is 0 Å². The van der Waals surface area contributed by atoms with Crippen LogP contribution in [0.15, 0.2) is 24.3 Å². The Hall–Kier alpha value is -0.860. The summed E-state index contributed by atoms with van der Waals surface area (Å²) in [5, 5.41) is 3.47. The first-order valence-corrected chi connectivity index (χ1v) is 6.90. The third-order valence-electron chi connectivity index (χ3n) is 3.46. The summed E-state index contributed by atoms with van der Waals surface area (Å²) in [6, 6.07) is 8.86. The van der Waals surface area contributed by atoms with E-state index in [0.717, 1.165) is 19.6 Å². The average Bonchev–Trinajstić information content (AvgIpc) is 2.38. The van der Waals surface area contributed by atoms with Gasteiger partial charge >= 0.3 is 0 Å². The lowest BCUT2D eigenvalue weighted by molar-refractivity contribution is 0.250. The third-order valence-corrected chi connectivity index (χ3v) is 3.46. The van der Waals surface area contributed by atoms with Crippen molar-refractivity contribution in [2.45, 2.75) is 32.7 Å². The zero-order valence-electron chi connectivity index (χ0n) is 10.9. The molecule has 0 saturated carbocycles. The highest BCUT2D eigenvalue weighted by molar-refractivity contribution is 5.28. The summed E-state index contributed by atoms with van der Waals surface area (Å²) in [7, 11) is 0. The summed E-state index contributed by atoms with van der Waals surface area (Å²) < 4.78 is 0. The van der Waals surface area contributed by atoms with Crippen molar-refractivity contribution in [1.29, 1.82) is 0 Å². The number of nitrogens with one attached hydrogen (secondary N) is 1. The molecule has 0 amide bonds. The first-order chi connectivity index (χ1) is 8.40. The Morgan fingerprint density at radius 2 is 2.00 bits per heavy atom. The van der Waals surface area contributed by atoms with Crippen molar-refractivity contribution in [3.8, 4) is 0 Å². The monoisotopic (exact) mass is 232 g/mol. The van der Waals surface area contributed by atoms with Gasteiger partial charge in [0.05, 0.1) is 0 Å². The van der Waals surface area contributed by atoms with Gasteiger partial charge in [0.2, 0.25) is 0 Å². The molecule has 1 heterocycles.